The van der Waals surface area contributed by atoms with Gasteiger partial charge < -0.3 is 10.6 Å². The van der Waals surface area contributed by atoms with Gasteiger partial charge in [0, 0.05) is 13.1 Å². The van der Waals surface area contributed by atoms with E-state index in [2.05, 4.69) is 46.4 Å². The molecule has 2 nitrogen and oxygen atoms in total. The van der Waals surface area contributed by atoms with Crippen molar-refractivity contribution in [1.82, 2.24) is 4.90 Å². The molecule has 2 atom stereocenters. The molecule has 1 heterocycles. The van der Waals surface area contributed by atoms with Crippen molar-refractivity contribution in [1.29, 1.82) is 0 Å². The molecule has 0 aromatic heterocycles. The molecular weight excluding hydrogens is 220 g/mol. The van der Waals surface area contributed by atoms with Crippen molar-refractivity contribution in [3.8, 4) is 0 Å². The van der Waals surface area contributed by atoms with Gasteiger partial charge in [0.2, 0.25) is 0 Å². The highest BCUT2D eigenvalue weighted by Crippen LogP contribution is 2.34. The van der Waals surface area contributed by atoms with Crippen molar-refractivity contribution in [2.24, 2.45) is 28.4 Å². The largest absolute Gasteiger partial charge is 0.330 e. The van der Waals surface area contributed by atoms with Gasteiger partial charge in [0.1, 0.15) is 0 Å². The summed E-state index contributed by atoms with van der Waals surface area (Å²) >= 11 is 0. The van der Waals surface area contributed by atoms with Gasteiger partial charge in [-0.25, -0.2) is 0 Å². The quantitative estimate of drug-likeness (QED) is 0.833. The van der Waals surface area contributed by atoms with Crippen LogP contribution in [-0.2, 0) is 0 Å². The normalized spacial score (nSPS) is 24.5. The molecule has 1 aliphatic rings. The van der Waals surface area contributed by atoms with E-state index in [1.54, 1.807) is 0 Å². The fourth-order valence-corrected chi connectivity index (χ4v) is 3.16. The lowest BCUT2D eigenvalue weighted by molar-refractivity contribution is 0.193. The van der Waals surface area contributed by atoms with Gasteiger partial charge >= 0.3 is 0 Å². The molecular formula is C16H34N2. The SMILES string of the molecule is CC(C)(C)CC(CN)CN1CCC(C(C)(C)C)C1. The number of likely N-dealkylation sites (tertiary alicyclic amines) is 1. The van der Waals surface area contributed by atoms with E-state index >= 15 is 0 Å². The van der Waals surface area contributed by atoms with Crippen molar-refractivity contribution in [3.05, 3.63) is 0 Å². The van der Waals surface area contributed by atoms with Crippen LogP contribution in [0.25, 0.3) is 0 Å². The van der Waals surface area contributed by atoms with Crippen LogP contribution in [0.15, 0.2) is 0 Å². The van der Waals surface area contributed by atoms with Gasteiger partial charge in [0.25, 0.3) is 0 Å². The van der Waals surface area contributed by atoms with Crippen molar-refractivity contribution >= 4 is 0 Å². The smallest absolute Gasteiger partial charge is 0.00220 e. The standard InChI is InChI=1S/C16H34N2/c1-15(2,3)9-13(10-17)11-18-8-7-14(12-18)16(4,5)6/h13-14H,7-12,17H2,1-6H3. The number of nitrogens with zero attached hydrogens (tertiary/aromatic N) is 1. The Morgan fingerprint density at radius 3 is 2.17 bits per heavy atom. The Labute approximate surface area is 114 Å². The highest BCUT2D eigenvalue weighted by molar-refractivity contribution is 4.85. The van der Waals surface area contributed by atoms with Gasteiger partial charge in [-0.05, 0) is 48.6 Å². The Bertz CT molecular complexity index is 247. The van der Waals surface area contributed by atoms with Crippen LogP contribution in [0.4, 0.5) is 0 Å². The van der Waals surface area contributed by atoms with Crippen LogP contribution < -0.4 is 5.73 Å². The summed E-state index contributed by atoms with van der Waals surface area (Å²) in [6, 6.07) is 0. The topological polar surface area (TPSA) is 29.3 Å². The molecule has 0 saturated carbocycles. The Hall–Kier alpha value is -0.0800. The fourth-order valence-electron chi connectivity index (χ4n) is 3.16. The third-order valence-electron chi connectivity index (χ3n) is 4.25. The molecule has 1 rings (SSSR count). The van der Waals surface area contributed by atoms with Gasteiger partial charge in [-0.3, -0.25) is 0 Å². The van der Waals surface area contributed by atoms with Crippen LogP contribution in [0, 0.1) is 22.7 Å². The molecule has 0 radical (unpaired) electrons. The Morgan fingerprint density at radius 2 is 1.78 bits per heavy atom. The molecule has 108 valence electrons. The van der Waals surface area contributed by atoms with Crippen molar-refractivity contribution in [2.75, 3.05) is 26.2 Å². The zero-order chi connectivity index (χ0) is 14.0. The van der Waals surface area contributed by atoms with Crippen LogP contribution in [-0.4, -0.2) is 31.1 Å². The molecule has 1 aliphatic heterocycles. The number of rotatable bonds is 4. The highest BCUT2D eigenvalue weighted by atomic mass is 15.1. The van der Waals surface area contributed by atoms with E-state index < -0.39 is 0 Å². The molecule has 0 bridgehead atoms. The predicted molar refractivity (Wildman–Crippen MR) is 80.6 cm³/mol. The zero-order valence-electron chi connectivity index (χ0n) is 13.4. The number of nitrogens with two attached hydrogens (primary N) is 1. The molecule has 1 saturated heterocycles. The first-order valence-electron chi connectivity index (χ1n) is 7.54. The van der Waals surface area contributed by atoms with E-state index in [4.69, 9.17) is 5.73 Å². The van der Waals surface area contributed by atoms with E-state index in [1.165, 1.54) is 32.5 Å². The third kappa shape index (κ3) is 5.27. The van der Waals surface area contributed by atoms with Gasteiger partial charge in [0.05, 0.1) is 0 Å². The van der Waals surface area contributed by atoms with E-state index in [-0.39, 0.29) is 0 Å². The summed E-state index contributed by atoms with van der Waals surface area (Å²) in [5.41, 5.74) is 6.80. The second-order valence-electron chi connectivity index (χ2n) is 8.48. The van der Waals surface area contributed by atoms with Crippen molar-refractivity contribution in [3.63, 3.8) is 0 Å². The average Bonchev–Trinajstić information content (AvgIpc) is 2.62. The minimum absolute atomic E-state index is 0.396. The van der Waals surface area contributed by atoms with E-state index in [0.717, 1.165) is 12.5 Å². The molecule has 2 N–H and O–H groups in total. The van der Waals surface area contributed by atoms with Crippen LogP contribution in [0.3, 0.4) is 0 Å². The van der Waals surface area contributed by atoms with Crippen LogP contribution in [0.1, 0.15) is 54.4 Å². The zero-order valence-corrected chi connectivity index (χ0v) is 13.4. The van der Waals surface area contributed by atoms with E-state index in [9.17, 15) is 0 Å². The molecule has 2 heteroatoms. The molecule has 18 heavy (non-hydrogen) atoms. The van der Waals surface area contributed by atoms with Gasteiger partial charge in [-0.1, -0.05) is 41.5 Å². The Morgan fingerprint density at radius 1 is 1.17 bits per heavy atom. The maximum Gasteiger partial charge on any atom is 0.00220 e. The lowest BCUT2D eigenvalue weighted by Crippen LogP contribution is -2.34. The Kier molecular flexibility index (Phi) is 5.25. The summed E-state index contributed by atoms with van der Waals surface area (Å²) in [4.78, 5) is 2.64. The molecule has 2 unspecified atom stereocenters. The monoisotopic (exact) mass is 254 g/mol. The summed E-state index contributed by atoms with van der Waals surface area (Å²) in [5.74, 6) is 1.51. The third-order valence-corrected chi connectivity index (χ3v) is 4.25. The van der Waals surface area contributed by atoms with E-state index in [1.807, 2.05) is 0 Å². The number of hydrogen-bond donors (Lipinski definition) is 1. The number of hydrogen-bond acceptors (Lipinski definition) is 2. The first kappa shape index (κ1) is 16.0. The predicted octanol–water partition coefficient (Wildman–Crippen LogP) is 3.37. The minimum atomic E-state index is 0.396. The molecule has 0 aromatic rings. The van der Waals surface area contributed by atoms with Gasteiger partial charge in [-0.2, -0.15) is 0 Å². The fraction of sp³-hybridized carbons (Fsp3) is 1.00. The summed E-state index contributed by atoms with van der Waals surface area (Å²) in [5, 5.41) is 0. The molecule has 1 fully saturated rings. The van der Waals surface area contributed by atoms with Crippen LogP contribution in [0.5, 0.6) is 0 Å². The van der Waals surface area contributed by atoms with Gasteiger partial charge in [-0.15, -0.1) is 0 Å². The molecule has 0 amide bonds. The van der Waals surface area contributed by atoms with Crippen LogP contribution in [0.2, 0.25) is 0 Å². The summed E-state index contributed by atoms with van der Waals surface area (Å²) < 4.78 is 0. The second-order valence-corrected chi connectivity index (χ2v) is 8.48. The van der Waals surface area contributed by atoms with Crippen molar-refractivity contribution in [2.45, 2.75) is 54.4 Å². The maximum atomic E-state index is 5.95. The first-order valence-corrected chi connectivity index (χ1v) is 7.54. The van der Waals surface area contributed by atoms with Crippen LogP contribution >= 0.6 is 0 Å². The lowest BCUT2D eigenvalue weighted by atomic mass is 9.80. The summed E-state index contributed by atoms with van der Waals surface area (Å²) in [6.07, 6.45) is 2.59. The minimum Gasteiger partial charge on any atom is -0.330 e. The van der Waals surface area contributed by atoms with Gasteiger partial charge in [0.15, 0.2) is 0 Å². The van der Waals surface area contributed by atoms with Crippen molar-refractivity contribution < 1.29 is 0 Å². The summed E-state index contributed by atoms with van der Waals surface area (Å²) in [6.45, 7) is 18.6. The molecule has 0 aromatic carbocycles. The molecule has 0 spiro atoms. The average molecular weight is 254 g/mol. The maximum absolute atomic E-state index is 5.95. The highest BCUT2D eigenvalue weighted by Gasteiger charge is 2.32. The first-order chi connectivity index (χ1) is 8.12. The lowest BCUT2D eigenvalue weighted by Gasteiger charge is -2.30. The molecule has 0 aliphatic carbocycles. The van der Waals surface area contributed by atoms with E-state index in [0.29, 0.717) is 16.7 Å². The Balaban J connectivity index is 2.43. The second kappa shape index (κ2) is 5.92. The summed E-state index contributed by atoms with van der Waals surface area (Å²) in [7, 11) is 0.